The van der Waals surface area contributed by atoms with Gasteiger partial charge in [-0.3, -0.25) is 9.59 Å². The molecule has 1 amide bonds. The number of hydrogen-bond donors (Lipinski definition) is 1. The Labute approximate surface area is 135 Å². The highest BCUT2D eigenvalue weighted by Crippen LogP contribution is 2.34. The number of hydrogen-bond acceptors (Lipinski definition) is 2. The second-order valence-corrected chi connectivity index (χ2v) is 5.93. The van der Waals surface area contributed by atoms with Crippen LogP contribution in [0.25, 0.3) is 0 Å². The Morgan fingerprint density at radius 1 is 1.17 bits per heavy atom. The van der Waals surface area contributed by atoms with Gasteiger partial charge in [0.2, 0.25) is 0 Å². The van der Waals surface area contributed by atoms with Crippen molar-refractivity contribution in [1.29, 1.82) is 0 Å². The van der Waals surface area contributed by atoms with Crippen LogP contribution in [0.1, 0.15) is 40.5 Å². The lowest BCUT2D eigenvalue weighted by atomic mass is 10.1. The number of carbonyl (C=O) groups is 1. The molecule has 7 heteroatoms. The van der Waals surface area contributed by atoms with Crippen LogP contribution < -0.4 is 10.9 Å². The molecule has 0 saturated heterocycles. The summed E-state index contributed by atoms with van der Waals surface area (Å²) in [5, 5.41) is 2.15. The summed E-state index contributed by atoms with van der Waals surface area (Å²) in [6.07, 6.45) is 1.73. The Balaban J connectivity index is 2.01. The number of benzene rings is 1. The molecule has 0 atom stereocenters. The molecule has 0 unspecified atom stereocenters. The Morgan fingerprint density at radius 2 is 1.83 bits per heavy atom. The number of anilines is 1. The summed E-state index contributed by atoms with van der Waals surface area (Å²) in [5.41, 5.74) is 0.0776. The van der Waals surface area contributed by atoms with E-state index >= 15 is 0 Å². The van der Waals surface area contributed by atoms with E-state index in [0.29, 0.717) is 11.6 Å². The van der Waals surface area contributed by atoms with Gasteiger partial charge in [-0.15, -0.1) is 0 Å². The minimum absolute atomic E-state index is 0.0738. The number of pyridine rings is 1. The van der Waals surface area contributed by atoms with Crippen LogP contribution in [0.5, 0.6) is 0 Å². The number of nitrogens with zero attached hydrogens (tertiary/aromatic N) is 1. The fourth-order valence-electron chi connectivity index (χ4n) is 2.77. The number of rotatable bonds is 3. The molecule has 1 N–H and O–H groups in total. The van der Waals surface area contributed by atoms with Crippen LogP contribution in [0, 0.1) is 31.3 Å². The lowest BCUT2D eigenvalue weighted by Crippen LogP contribution is -2.31. The Kier molecular flexibility index (Phi) is 3.95. The predicted molar refractivity (Wildman–Crippen MR) is 82.7 cm³/mol. The number of carbonyl (C=O) groups excluding carboxylic acids is 1. The summed E-state index contributed by atoms with van der Waals surface area (Å²) >= 11 is 0. The molecule has 1 saturated carbocycles. The fraction of sp³-hybridized carbons (Fsp3) is 0.294. The van der Waals surface area contributed by atoms with Crippen molar-refractivity contribution in [2.45, 2.75) is 32.7 Å². The molecule has 24 heavy (non-hydrogen) atoms. The van der Waals surface area contributed by atoms with Gasteiger partial charge >= 0.3 is 0 Å². The van der Waals surface area contributed by atoms with Gasteiger partial charge < -0.3 is 9.88 Å². The Bertz CT molecular complexity index is 902. The lowest BCUT2D eigenvalue weighted by Gasteiger charge is -2.14. The van der Waals surface area contributed by atoms with Crippen LogP contribution in [0.3, 0.4) is 0 Å². The highest BCUT2D eigenvalue weighted by Gasteiger charge is 2.29. The van der Waals surface area contributed by atoms with Crippen molar-refractivity contribution in [2.24, 2.45) is 0 Å². The second kappa shape index (κ2) is 5.81. The van der Waals surface area contributed by atoms with Gasteiger partial charge in [0, 0.05) is 11.7 Å². The molecule has 0 spiro atoms. The lowest BCUT2D eigenvalue weighted by molar-refractivity contribution is 0.102. The van der Waals surface area contributed by atoms with Crippen molar-refractivity contribution < 1.29 is 18.0 Å². The first kappa shape index (κ1) is 16.3. The SMILES string of the molecule is Cc1cc(C)n(C2CC2)c(=O)c1C(=O)Nc1ccc(F)c(F)c1F. The minimum atomic E-state index is -1.68. The van der Waals surface area contributed by atoms with Crippen molar-refractivity contribution >= 4 is 11.6 Å². The average Bonchev–Trinajstić information content (AvgIpc) is 3.32. The molecule has 0 aliphatic heterocycles. The van der Waals surface area contributed by atoms with Gasteiger partial charge in [0.25, 0.3) is 11.5 Å². The number of nitrogens with one attached hydrogen (secondary N) is 1. The van der Waals surface area contributed by atoms with E-state index < -0.39 is 34.6 Å². The number of amides is 1. The first-order valence-electron chi connectivity index (χ1n) is 7.49. The van der Waals surface area contributed by atoms with Crippen LogP contribution in [0.15, 0.2) is 23.0 Å². The van der Waals surface area contributed by atoms with E-state index in [1.54, 1.807) is 24.5 Å². The van der Waals surface area contributed by atoms with Crippen molar-refractivity contribution in [3.63, 3.8) is 0 Å². The smallest absolute Gasteiger partial charge is 0.264 e. The third-order valence-electron chi connectivity index (χ3n) is 4.05. The second-order valence-electron chi connectivity index (χ2n) is 5.93. The molecule has 1 aliphatic rings. The van der Waals surface area contributed by atoms with E-state index in [2.05, 4.69) is 5.32 Å². The molecule has 126 valence electrons. The molecule has 1 aromatic heterocycles. The molecule has 0 bridgehead atoms. The molecular weight excluding hydrogens is 321 g/mol. The molecule has 1 aromatic carbocycles. The maximum Gasteiger partial charge on any atom is 0.264 e. The van der Waals surface area contributed by atoms with Gasteiger partial charge in [0.05, 0.1) is 5.69 Å². The molecule has 3 rings (SSSR count). The third kappa shape index (κ3) is 2.70. The zero-order valence-corrected chi connectivity index (χ0v) is 13.1. The summed E-state index contributed by atoms with van der Waals surface area (Å²) in [4.78, 5) is 25.0. The monoisotopic (exact) mass is 336 g/mol. The maximum absolute atomic E-state index is 13.7. The molecule has 1 aliphatic carbocycles. The maximum atomic E-state index is 13.7. The summed E-state index contributed by atoms with van der Waals surface area (Å²) < 4.78 is 41.5. The topological polar surface area (TPSA) is 51.1 Å². The van der Waals surface area contributed by atoms with Crippen molar-refractivity contribution in [3.05, 3.63) is 62.8 Å². The van der Waals surface area contributed by atoms with E-state index in [1.165, 1.54) is 0 Å². The predicted octanol–water partition coefficient (Wildman–Crippen LogP) is 3.47. The summed E-state index contributed by atoms with van der Waals surface area (Å²) in [7, 11) is 0. The number of aryl methyl sites for hydroxylation is 2. The number of halogens is 3. The summed E-state index contributed by atoms with van der Waals surface area (Å²) in [5.74, 6) is -5.38. The normalized spacial score (nSPS) is 13.9. The first-order valence-corrected chi connectivity index (χ1v) is 7.49. The standard InChI is InChI=1S/C17H15F3N2O2/c1-8-7-9(2)22(10-3-4-10)17(24)13(8)16(23)21-12-6-5-11(18)14(19)15(12)20/h5-7,10H,3-4H2,1-2H3,(H,21,23). The summed E-state index contributed by atoms with van der Waals surface area (Å²) in [6.45, 7) is 3.38. The van der Waals surface area contributed by atoms with Gasteiger partial charge in [-0.25, -0.2) is 13.2 Å². The van der Waals surface area contributed by atoms with Crippen LogP contribution in [-0.4, -0.2) is 10.5 Å². The zero-order chi connectivity index (χ0) is 17.6. The van der Waals surface area contributed by atoms with E-state index in [-0.39, 0.29) is 11.6 Å². The summed E-state index contributed by atoms with van der Waals surface area (Å²) in [6, 6.07) is 3.40. The quantitative estimate of drug-likeness (QED) is 0.873. The molecule has 0 radical (unpaired) electrons. The van der Waals surface area contributed by atoms with Gasteiger partial charge in [-0.2, -0.15) is 0 Å². The van der Waals surface area contributed by atoms with E-state index in [0.717, 1.165) is 24.6 Å². The van der Waals surface area contributed by atoms with Crippen molar-refractivity contribution in [3.8, 4) is 0 Å². The zero-order valence-electron chi connectivity index (χ0n) is 13.1. The highest BCUT2D eigenvalue weighted by molar-refractivity contribution is 6.05. The van der Waals surface area contributed by atoms with Gasteiger partial charge in [-0.05, 0) is 50.5 Å². The van der Waals surface area contributed by atoms with E-state index in [9.17, 15) is 22.8 Å². The fourth-order valence-corrected chi connectivity index (χ4v) is 2.77. The van der Waals surface area contributed by atoms with Crippen LogP contribution in [-0.2, 0) is 0 Å². The van der Waals surface area contributed by atoms with Crippen LogP contribution >= 0.6 is 0 Å². The van der Waals surface area contributed by atoms with Crippen LogP contribution in [0.4, 0.5) is 18.9 Å². The Morgan fingerprint density at radius 3 is 2.46 bits per heavy atom. The number of aromatic nitrogens is 1. The van der Waals surface area contributed by atoms with Gasteiger partial charge in [0.15, 0.2) is 17.5 Å². The average molecular weight is 336 g/mol. The molecule has 1 heterocycles. The van der Waals surface area contributed by atoms with E-state index in [4.69, 9.17) is 0 Å². The minimum Gasteiger partial charge on any atom is -0.319 e. The molecule has 4 nitrogen and oxygen atoms in total. The Hall–Kier alpha value is -2.57. The van der Waals surface area contributed by atoms with Gasteiger partial charge in [-0.1, -0.05) is 0 Å². The van der Waals surface area contributed by atoms with Crippen molar-refractivity contribution in [1.82, 2.24) is 4.57 Å². The third-order valence-corrected chi connectivity index (χ3v) is 4.05. The van der Waals surface area contributed by atoms with Crippen LogP contribution in [0.2, 0.25) is 0 Å². The largest absolute Gasteiger partial charge is 0.319 e. The molecule has 1 fully saturated rings. The first-order chi connectivity index (χ1) is 11.3. The van der Waals surface area contributed by atoms with E-state index in [1.807, 2.05) is 0 Å². The molecular formula is C17H15F3N2O2. The molecule has 2 aromatic rings. The van der Waals surface area contributed by atoms with Crippen molar-refractivity contribution in [2.75, 3.05) is 5.32 Å². The van der Waals surface area contributed by atoms with Gasteiger partial charge in [0.1, 0.15) is 5.56 Å². The highest BCUT2D eigenvalue weighted by atomic mass is 19.2.